The van der Waals surface area contributed by atoms with E-state index in [1.807, 2.05) is 4.72 Å². The van der Waals surface area contributed by atoms with Gasteiger partial charge in [-0.05, 0) is 44.0 Å². The highest BCUT2D eigenvalue weighted by molar-refractivity contribution is 9.10. The van der Waals surface area contributed by atoms with Crippen LogP contribution in [0.4, 0.5) is 0 Å². The maximum absolute atomic E-state index is 12.1. The van der Waals surface area contributed by atoms with E-state index in [1.165, 1.54) is 19.1 Å². The van der Waals surface area contributed by atoms with E-state index in [0.717, 1.165) is 17.3 Å². The minimum atomic E-state index is -3.89. The summed E-state index contributed by atoms with van der Waals surface area (Å²) in [5.74, 6) is -0.694. The molecule has 0 aliphatic carbocycles. The van der Waals surface area contributed by atoms with Gasteiger partial charge in [-0.15, -0.1) is 0 Å². The fourth-order valence-corrected chi connectivity index (χ4v) is 3.30. The Morgan fingerprint density at radius 1 is 1.45 bits per heavy atom. The van der Waals surface area contributed by atoms with Gasteiger partial charge in [0.25, 0.3) is 15.9 Å². The van der Waals surface area contributed by atoms with Gasteiger partial charge in [-0.25, -0.2) is 13.1 Å². The Hall–Kier alpha value is -0.960. The van der Waals surface area contributed by atoms with E-state index in [2.05, 4.69) is 15.9 Å². The molecule has 0 spiro atoms. The van der Waals surface area contributed by atoms with Crippen molar-refractivity contribution in [1.82, 2.24) is 4.72 Å². The lowest BCUT2D eigenvalue weighted by Crippen LogP contribution is -2.39. The Bertz CT molecular complexity index is 611. The molecule has 0 unspecified atom stereocenters. The Morgan fingerprint density at radius 3 is 2.73 bits per heavy atom. The third kappa shape index (κ3) is 4.77. The quantitative estimate of drug-likeness (QED) is 0.799. The maximum atomic E-state index is 12.1. The van der Waals surface area contributed by atoms with Crippen LogP contribution < -0.4 is 4.72 Å². The number of nitrogens with one attached hydrogen (secondary N) is 1. The van der Waals surface area contributed by atoms with E-state index in [4.69, 9.17) is 9.47 Å². The van der Waals surface area contributed by atoms with Crippen molar-refractivity contribution < 1.29 is 22.7 Å². The van der Waals surface area contributed by atoms with Crippen LogP contribution in [-0.4, -0.2) is 39.7 Å². The van der Waals surface area contributed by atoms with Crippen LogP contribution in [0.2, 0.25) is 0 Å². The number of hydrogen-bond donors (Lipinski definition) is 1. The Balaban J connectivity index is 1.90. The van der Waals surface area contributed by atoms with Crippen LogP contribution >= 0.6 is 15.9 Å². The molecule has 1 heterocycles. The highest BCUT2D eigenvalue weighted by Crippen LogP contribution is 2.15. The lowest BCUT2D eigenvalue weighted by molar-refractivity contribution is -0.131. The lowest BCUT2D eigenvalue weighted by atomic mass is 10.2. The van der Waals surface area contributed by atoms with Crippen LogP contribution in [0.25, 0.3) is 0 Å². The van der Waals surface area contributed by atoms with Crippen LogP contribution in [0.1, 0.15) is 19.8 Å². The van der Waals surface area contributed by atoms with Crippen molar-refractivity contribution >= 4 is 31.9 Å². The van der Waals surface area contributed by atoms with Gasteiger partial charge in [0.05, 0.1) is 17.6 Å². The van der Waals surface area contributed by atoms with Gasteiger partial charge in [0, 0.05) is 11.1 Å². The molecule has 8 heteroatoms. The molecule has 0 aromatic heterocycles. The molecule has 1 aromatic rings. The molecule has 0 bridgehead atoms. The number of carbonyl (C=O) groups is 1. The minimum Gasteiger partial charge on any atom is -0.376 e. The third-order valence-electron chi connectivity index (χ3n) is 3.28. The van der Waals surface area contributed by atoms with E-state index in [9.17, 15) is 13.2 Å². The first-order chi connectivity index (χ1) is 10.4. The third-order valence-corrected chi connectivity index (χ3v) is 5.18. The number of rotatable bonds is 6. The fraction of sp³-hybridized carbons (Fsp3) is 0.500. The zero-order chi connectivity index (χ0) is 16.2. The topological polar surface area (TPSA) is 81.7 Å². The summed E-state index contributed by atoms with van der Waals surface area (Å²) in [6.45, 7) is 2.50. The van der Waals surface area contributed by atoms with E-state index < -0.39 is 22.0 Å². The van der Waals surface area contributed by atoms with Gasteiger partial charge in [0.1, 0.15) is 6.10 Å². The molecule has 1 aromatic carbocycles. The lowest BCUT2D eigenvalue weighted by Gasteiger charge is -2.16. The first-order valence-electron chi connectivity index (χ1n) is 6.94. The zero-order valence-corrected chi connectivity index (χ0v) is 14.5. The number of carbonyl (C=O) groups excluding carboxylic acids is 1. The first kappa shape index (κ1) is 17.4. The summed E-state index contributed by atoms with van der Waals surface area (Å²) in [5, 5.41) is 0. The molecule has 6 nitrogen and oxygen atoms in total. The first-order valence-corrected chi connectivity index (χ1v) is 9.21. The van der Waals surface area contributed by atoms with Crippen LogP contribution in [0.5, 0.6) is 0 Å². The van der Waals surface area contributed by atoms with E-state index in [0.29, 0.717) is 6.61 Å². The zero-order valence-electron chi connectivity index (χ0n) is 12.1. The van der Waals surface area contributed by atoms with Gasteiger partial charge in [-0.1, -0.05) is 15.9 Å². The van der Waals surface area contributed by atoms with Gasteiger partial charge in [0.15, 0.2) is 0 Å². The molecule has 0 radical (unpaired) electrons. The summed E-state index contributed by atoms with van der Waals surface area (Å²) in [7, 11) is -3.89. The standard InChI is InChI=1S/C14H18BrNO5S/c1-10(21-9-12-3-2-8-20-12)14(17)16-22(18,19)13-6-4-11(15)5-7-13/h4-7,10,12H,2-3,8-9H2,1H3,(H,16,17)/t10-,12+/m1/s1. The number of hydrogen-bond acceptors (Lipinski definition) is 5. The molecule has 1 fully saturated rings. The average molecular weight is 392 g/mol. The molecule has 2 atom stereocenters. The number of benzene rings is 1. The summed E-state index contributed by atoms with van der Waals surface area (Å²) in [6.07, 6.45) is 0.991. The van der Waals surface area contributed by atoms with Gasteiger partial charge < -0.3 is 9.47 Å². The van der Waals surface area contributed by atoms with Crippen molar-refractivity contribution in [1.29, 1.82) is 0 Å². The molecule has 22 heavy (non-hydrogen) atoms. The molecule has 1 amide bonds. The fourth-order valence-electron chi connectivity index (χ4n) is 1.99. The monoisotopic (exact) mass is 391 g/mol. The summed E-state index contributed by atoms with van der Waals surface area (Å²) in [5.41, 5.74) is 0. The van der Waals surface area contributed by atoms with E-state index in [1.54, 1.807) is 12.1 Å². The maximum Gasteiger partial charge on any atom is 0.264 e. The second-order valence-corrected chi connectivity index (χ2v) is 7.63. The van der Waals surface area contributed by atoms with Gasteiger partial charge in [-0.3, -0.25) is 4.79 Å². The van der Waals surface area contributed by atoms with Crippen LogP contribution in [0.15, 0.2) is 33.6 Å². The van der Waals surface area contributed by atoms with Crippen molar-refractivity contribution in [2.75, 3.05) is 13.2 Å². The molecule has 2 rings (SSSR count). The molecule has 1 N–H and O–H groups in total. The van der Waals surface area contributed by atoms with Crippen molar-refractivity contribution in [3.8, 4) is 0 Å². The smallest absolute Gasteiger partial charge is 0.264 e. The molecule has 122 valence electrons. The summed E-state index contributed by atoms with van der Waals surface area (Å²) < 4.78 is 37.7. The van der Waals surface area contributed by atoms with Crippen molar-refractivity contribution in [2.45, 2.75) is 36.9 Å². The number of halogens is 1. The summed E-state index contributed by atoms with van der Waals surface area (Å²) >= 11 is 3.22. The minimum absolute atomic E-state index is 0.0154. The Morgan fingerprint density at radius 2 is 2.14 bits per heavy atom. The predicted octanol–water partition coefficient (Wildman–Crippen LogP) is 1.84. The van der Waals surface area contributed by atoms with Gasteiger partial charge in [-0.2, -0.15) is 0 Å². The Labute approximate surface area is 138 Å². The van der Waals surface area contributed by atoms with Crippen molar-refractivity contribution in [3.05, 3.63) is 28.7 Å². The second kappa shape index (κ2) is 7.54. The largest absolute Gasteiger partial charge is 0.376 e. The van der Waals surface area contributed by atoms with Gasteiger partial charge in [0.2, 0.25) is 0 Å². The van der Waals surface area contributed by atoms with Gasteiger partial charge >= 0.3 is 0 Å². The van der Waals surface area contributed by atoms with Crippen molar-refractivity contribution in [2.24, 2.45) is 0 Å². The molecule has 1 aliphatic heterocycles. The average Bonchev–Trinajstić information content (AvgIpc) is 2.98. The normalized spacial score (nSPS) is 19.8. The highest BCUT2D eigenvalue weighted by atomic mass is 79.9. The molecule has 1 aliphatic rings. The molecular formula is C14H18BrNO5S. The second-order valence-electron chi connectivity index (χ2n) is 5.03. The Kier molecular flexibility index (Phi) is 5.96. The molecule has 0 saturated carbocycles. The summed E-state index contributed by atoms with van der Waals surface area (Å²) in [4.78, 5) is 12.0. The predicted molar refractivity (Wildman–Crippen MR) is 83.9 cm³/mol. The van der Waals surface area contributed by atoms with Crippen LogP contribution in [0.3, 0.4) is 0 Å². The number of sulfonamides is 1. The number of amides is 1. The SMILES string of the molecule is C[C@@H](OC[C@@H]1CCCO1)C(=O)NS(=O)(=O)c1ccc(Br)cc1. The summed E-state index contributed by atoms with van der Waals surface area (Å²) in [6, 6.07) is 6.02. The highest BCUT2D eigenvalue weighted by Gasteiger charge is 2.24. The van der Waals surface area contributed by atoms with Crippen LogP contribution in [-0.2, 0) is 24.3 Å². The molecular weight excluding hydrogens is 374 g/mol. The van der Waals surface area contributed by atoms with Crippen LogP contribution in [0, 0.1) is 0 Å². The van der Waals surface area contributed by atoms with E-state index >= 15 is 0 Å². The molecule has 1 saturated heterocycles. The van der Waals surface area contributed by atoms with Crippen molar-refractivity contribution in [3.63, 3.8) is 0 Å². The number of ether oxygens (including phenoxy) is 2. The van der Waals surface area contributed by atoms with E-state index in [-0.39, 0.29) is 17.6 Å².